The van der Waals surface area contributed by atoms with E-state index in [2.05, 4.69) is 111 Å². The number of hydrogen-bond donors (Lipinski definition) is 0. The third-order valence-corrected chi connectivity index (χ3v) is 17.1. The molecule has 0 rings (SSSR count). The molecule has 9 nitrogen and oxygen atoms in total. The predicted octanol–water partition coefficient (Wildman–Crippen LogP) is 23.6. The van der Waals surface area contributed by atoms with Gasteiger partial charge < -0.3 is 27.9 Å². The molecule has 0 aliphatic heterocycles. The second-order valence-corrected chi connectivity index (χ2v) is 27.3. The first-order chi connectivity index (χ1) is 43.0. The zero-order valence-electron chi connectivity index (χ0n) is 58.2. The van der Waals surface area contributed by atoms with Crippen molar-refractivity contribution in [1.82, 2.24) is 0 Å². The second kappa shape index (κ2) is 68.3. The summed E-state index contributed by atoms with van der Waals surface area (Å²) in [4.78, 5) is 38.1. The molecule has 2 atom stereocenters. The molecule has 0 aliphatic rings. The topological polar surface area (TPSA) is 111 Å². The molecule has 0 N–H and O–H groups in total. The fraction of sp³-hybridized carbons (Fsp3) is 0.769. The number of ether oxygens (including phenoxy) is 2. The maximum absolute atomic E-state index is 12.9. The van der Waals surface area contributed by atoms with Gasteiger partial charge in [-0.1, -0.05) is 342 Å². The zero-order valence-corrected chi connectivity index (χ0v) is 59.1. The van der Waals surface area contributed by atoms with Crippen molar-refractivity contribution in [3.05, 3.63) is 97.2 Å². The number of rotatable bonds is 68. The molecule has 0 saturated carbocycles. The highest BCUT2D eigenvalue weighted by Gasteiger charge is 2.22. The fourth-order valence-corrected chi connectivity index (χ4v) is 11.2. The van der Waals surface area contributed by atoms with Crippen molar-refractivity contribution in [1.29, 1.82) is 0 Å². The molecular weight excluding hydrogens is 1110 g/mol. The molecule has 2 unspecified atom stereocenters. The smallest absolute Gasteiger partial charge is 0.306 e. The van der Waals surface area contributed by atoms with Crippen LogP contribution in [0.4, 0.5) is 0 Å². The van der Waals surface area contributed by atoms with Crippen LogP contribution in [0.25, 0.3) is 0 Å². The van der Waals surface area contributed by atoms with E-state index in [0.717, 1.165) is 109 Å². The summed E-state index contributed by atoms with van der Waals surface area (Å²) in [6.07, 6.45) is 95.1. The van der Waals surface area contributed by atoms with Crippen molar-refractivity contribution >= 4 is 19.8 Å². The Hall–Kier alpha value is -3.07. The standard InChI is InChI=1S/C78H140NO8P/c1-6-8-10-12-14-16-18-20-22-24-26-28-30-32-34-36-38-39-41-42-44-46-48-50-52-54-56-58-60-62-64-66-68-70-77(80)84-74-76(75-86-88(82,83)85-73-72-79(3,4)5)87-78(81)71-69-67-65-63-61-59-57-55-53-51-49-47-45-43-40-37-35-33-31-29-27-25-23-21-19-17-15-13-11-9-7-2/h9,11,15,17,21,23,27,29,33,35,40,43,47,49,53,55,76H,6-8,10,12-14,16,18-20,22,24-26,28,30-32,34,36-39,41-42,44-46,48,50-52,54,56-75H2,1-5H3/b11-9-,17-15-,23-21-,29-27-,35-33-,43-40-,49-47-,55-53-. The van der Waals surface area contributed by atoms with E-state index in [9.17, 15) is 19.0 Å². The van der Waals surface area contributed by atoms with Gasteiger partial charge in [0.25, 0.3) is 7.82 Å². The van der Waals surface area contributed by atoms with Crippen LogP contribution in [0.2, 0.25) is 0 Å². The van der Waals surface area contributed by atoms with Crippen LogP contribution >= 0.6 is 7.82 Å². The van der Waals surface area contributed by atoms with Gasteiger partial charge in [0.1, 0.15) is 19.8 Å². The van der Waals surface area contributed by atoms with Crippen molar-refractivity contribution in [3.8, 4) is 0 Å². The average molecular weight is 1250 g/mol. The summed E-state index contributed by atoms with van der Waals surface area (Å²) in [7, 11) is 1.16. The van der Waals surface area contributed by atoms with E-state index in [1.807, 2.05) is 21.1 Å². The van der Waals surface area contributed by atoms with Crippen LogP contribution in [0.1, 0.15) is 335 Å². The van der Waals surface area contributed by atoms with Crippen LogP contribution in [0, 0.1) is 0 Å². The molecule has 0 aromatic carbocycles. The number of phosphoric ester groups is 1. The Kier molecular flexibility index (Phi) is 65.9. The number of hydrogen-bond acceptors (Lipinski definition) is 8. The van der Waals surface area contributed by atoms with Crippen LogP contribution in [-0.4, -0.2) is 70.0 Å². The quantitative estimate of drug-likeness (QED) is 0.0195. The minimum atomic E-state index is -4.65. The van der Waals surface area contributed by atoms with E-state index in [4.69, 9.17) is 18.5 Å². The highest BCUT2D eigenvalue weighted by atomic mass is 31.2. The number of nitrogens with zero attached hydrogens (tertiary/aromatic N) is 1. The van der Waals surface area contributed by atoms with Gasteiger partial charge in [-0.15, -0.1) is 0 Å². The van der Waals surface area contributed by atoms with Crippen molar-refractivity contribution < 1.29 is 42.1 Å². The average Bonchev–Trinajstić information content (AvgIpc) is 3.68. The lowest BCUT2D eigenvalue weighted by Crippen LogP contribution is -2.37. The van der Waals surface area contributed by atoms with Gasteiger partial charge in [0.2, 0.25) is 0 Å². The molecule has 0 saturated heterocycles. The zero-order chi connectivity index (χ0) is 64.1. The molecule has 0 spiro atoms. The normalized spacial score (nSPS) is 13.7. The molecule has 0 aromatic rings. The largest absolute Gasteiger partial charge is 0.756 e. The van der Waals surface area contributed by atoms with E-state index < -0.39 is 26.5 Å². The van der Waals surface area contributed by atoms with Crippen LogP contribution < -0.4 is 4.89 Å². The lowest BCUT2D eigenvalue weighted by atomic mass is 10.0. The summed E-state index contributed by atoms with van der Waals surface area (Å²) >= 11 is 0. The van der Waals surface area contributed by atoms with Gasteiger partial charge in [0.05, 0.1) is 27.7 Å². The monoisotopic (exact) mass is 1250 g/mol. The first kappa shape index (κ1) is 84.9. The van der Waals surface area contributed by atoms with Gasteiger partial charge in [0.15, 0.2) is 6.10 Å². The van der Waals surface area contributed by atoms with Crippen molar-refractivity contribution in [2.24, 2.45) is 0 Å². The molecule has 0 heterocycles. The van der Waals surface area contributed by atoms with E-state index >= 15 is 0 Å². The number of allylic oxidation sites excluding steroid dienone is 16. The van der Waals surface area contributed by atoms with E-state index in [1.165, 1.54) is 193 Å². The minimum Gasteiger partial charge on any atom is -0.756 e. The van der Waals surface area contributed by atoms with Gasteiger partial charge in [-0.25, -0.2) is 0 Å². The van der Waals surface area contributed by atoms with Gasteiger partial charge in [0, 0.05) is 12.8 Å². The van der Waals surface area contributed by atoms with Gasteiger partial charge >= 0.3 is 11.9 Å². The minimum absolute atomic E-state index is 0.0371. The fourth-order valence-electron chi connectivity index (χ4n) is 10.5. The second-order valence-electron chi connectivity index (χ2n) is 25.9. The predicted molar refractivity (Wildman–Crippen MR) is 379 cm³/mol. The van der Waals surface area contributed by atoms with Crippen molar-refractivity contribution in [2.45, 2.75) is 341 Å². The molecular formula is C78H140NO8P. The molecule has 0 amide bonds. The Morgan fingerprint density at radius 3 is 0.966 bits per heavy atom. The summed E-state index contributed by atoms with van der Waals surface area (Å²) in [6, 6.07) is 0. The van der Waals surface area contributed by atoms with Crippen LogP contribution in [0.3, 0.4) is 0 Å². The summed E-state index contributed by atoms with van der Waals surface area (Å²) in [5, 5.41) is 0. The first-order valence-corrected chi connectivity index (χ1v) is 38.4. The summed E-state index contributed by atoms with van der Waals surface area (Å²) in [6.45, 7) is 4.15. The van der Waals surface area contributed by atoms with Gasteiger partial charge in [-0.3, -0.25) is 14.2 Å². The van der Waals surface area contributed by atoms with Crippen LogP contribution in [-0.2, 0) is 32.7 Å². The maximum Gasteiger partial charge on any atom is 0.306 e. The third-order valence-electron chi connectivity index (χ3n) is 16.1. The van der Waals surface area contributed by atoms with E-state index in [-0.39, 0.29) is 32.0 Å². The lowest BCUT2D eigenvalue weighted by Gasteiger charge is -2.28. The number of likely N-dealkylation sites (N-methyl/N-ethyl adjacent to an activating group) is 1. The molecule has 0 aromatic heterocycles. The molecule has 0 bridgehead atoms. The Morgan fingerprint density at radius 2 is 0.648 bits per heavy atom. The Balaban J connectivity index is 4.05. The SMILES string of the molecule is CC/C=C\C/C=C\C/C=C\C/C=C\C/C=C\C/C=C\C/C=C\C/C=C\CCCCCCCCC(=O)OC(COC(=O)CCCCCCCCCCCCCCCCCCCCCCCCCCCCCCCCCCC)COP(=O)([O-])OCC[N+](C)(C)C. The molecule has 0 aliphatic carbocycles. The summed E-state index contributed by atoms with van der Waals surface area (Å²) < 4.78 is 34.3. The third kappa shape index (κ3) is 72.0. The maximum atomic E-state index is 12.9. The molecule has 510 valence electrons. The highest BCUT2D eigenvalue weighted by Crippen LogP contribution is 2.38. The van der Waals surface area contributed by atoms with E-state index in [0.29, 0.717) is 17.4 Å². The summed E-state index contributed by atoms with van der Waals surface area (Å²) in [5.41, 5.74) is 0. The van der Waals surface area contributed by atoms with Crippen molar-refractivity contribution in [3.63, 3.8) is 0 Å². The van der Waals surface area contributed by atoms with Crippen LogP contribution in [0.5, 0.6) is 0 Å². The Morgan fingerprint density at radius 1 is 0.364 bits per heavy atom. The molecule has 0 radical (unpaired) electrons. The molecule has 88 heavy (non-hydrogen) atoms. The van der Waals surface area contributed by atoms with Gasteiger partial charge in [-0.05, 0) is 77.0 Å². The number of esters is 2. The highest BCUT2D eigenvalue weighted by molar-refractivity contribution is 7.45. The summed E-state index contributed by atoms with van der Waals surface area (Å²) in [5.74, 6) is -0.842. The number of carbonyl (C=O) groups is 2. The van der Waals surface area contributed by atoms with Gasteiger partial charge in [-0.2, -0.15) is 0 Å². The van der Waals surface area contributed by atoms with E-state index in [1.54, 1.807) is 0 Å². The molecule has 0 fully saturated rings. The number of phosphoric acid groups is 1. The number of quaternary nitrogens is 1. The Bertz CT molecular complexity index is 1810. The van der Waals surface area contributed by atoms with Crippen molar-refractivity contribution in [2.75, 3.05) is 47.5 Å². The molecule has 10 heteroatoms. The van der Waals surface area contributed by atoms with Crippen LogP contribution in [0.15, 0.2) is 97.2 Å². The Labute approximate surface area is 544 Å². The lowest BCUT2D eigenvalue weighted by molar-refractivity contribution is -0.870. The first-order valence-electron chi connectivity index (χ1n) is 36.9. The number of unbranched alkanes of at least 4 members (excludes halogenated alkanes) is 38. The number of carbonyl (C=O) groups excluding carboxylic acids is 2.